The molecule has 0 unspecified atom stereocenters. The van der Waals surface area contributed by atoms with Crippen LogP contribution in [0.15, 0.2) is 21.1 Å². The highest BCUT2D eigenvalue weighted by Gasteiger charge is 1.95. The molecule has 0 aliphatic heterocycles. The second-order valence-electron chi connectivity index (χ2n) is 2.16. The maximum Gasteiger partial charge on any atom is 0.181 e. The number of thioether (sulfide) groups is 1. The minimum Gasteiger partial charge on any atom is -0.290 e. The molecule has 0 N–H and O–H groups in total. The van der Waals surface area contributed by atoms with Crippen molar-refractivity contribution in [1.82, 2.24) is 0 Å². The lowest BCUT2D eigenvalue weighted by molar-refractivity contribution is 1.46. The van der Waals surface area contributed by atoms with Crippen LogP contribution in [-0.2, 0) is 0 Å². The first-order valence-corrected chi connectivity index (χ1v) is 5.27. The summed E-state index contributed by atoms with van der Waals surface area (Å²) in [6.45, 7) is 4.05. The van der Waals surface area contributed by atoms with Gasteiger partial charge in [0.2, 0.25) is 0 Å². The van der Waals surface area contributed by atoms with Crippen molar-refractivity contribution in [1.29, 1.82) is 0 Å². The molecule has 1 heterocycles. The van der Waals surface area contributed by atoms with Gasteiger partial charge in [-0.3, -0.25) is 4.79 Å². The van der Waals surface area contributed by atoms with Crippen molar-refractivity contribution in [2.24, 2.45) is 0 Å². The van der Waals surface area contributed by atoms with Gasteiger partial charge in [0, 0.05) is 10.9 Å². The van der Waals surface area contributed by atoms with E-state index in [9.17, 15) is 4.79 Å². The molecule has 0 bridgehead atoms. The van der Waals surface area contributed by atoms with Crippen molar-refractivity contribution >= 4 is 23.1 Å². The van der Waals surface area contributed by atoms with E-state index < -0.39 is 0 Å². The quantitative estimate of drug-likeness (QED) is 0.660. The van der Waals surface area contributed by atoms with Gasteiger partial charge >= 0.3 is 0 Å². The zero-order valence-corrected chi connectivity index (χ0v) is 8.22. The van der Waals surface area contributed by atoms with Crippen LogP contribution in [0.3, 0.4) is 0 Å². The molecule has 0 atom stereocenters. The van der Waals surface area contributed by atoms with E-state index in [1.165, 1.54) is 0 Å². The number of hydrogen-bond acceptors (Lipinski definition) is 3. The van der Waals surface area contributed by atoms with Crippen LogP contribution in [0.25, 0.3) is 0 Å². The van der Waals surface area contributed by atoms with Crippen molar-refractivity contribution in [3.63, 3.8) is 0 Å². The first-order valence-electron chi connectivity index (χ1n) is 3.47. The van der Waals surface area contributed by atoms with E-state index in [2.05, 4.69) is 6.92 Å². The molecule has 0 fully saturated rings. The lowest BCUT2D eigenvalue weighted by atomic mass is 10.5. The molecule has 0 saturated heterocycles. The largest absolute Gasteiger partial charge is 0.290 e. The number of hydrogen-bond donors (Lipinski definition) is 0. The first-order chi connectivity index (χ1) is 5.22. The molecular formula is C8H10OS2. The Kier molecular flexibility index (Phi) is 3.15. The summed E-state index contributed by atoms with van der Waals surface area (Å²) in [5.41, 5.74) is 0.122. The van der Waals surface area contributed by atoms with Crippen molar-refractivity contribution in [3.05, 3.63) is 27.2 Å². The van der Waals surface area contributed by atoms with E-state index in [0.29, 0.717) is 0 Å². The molecule has 11 heavy (non-hydrogen) atoms. The second kappa shape index (κ2) is 3.93. The molecule has 0 spiro atoms. The van der Waals surface area contributed by atoms with E-state index in [1.807, 2.05) is 6.92 Å². The summed E-state index contributed by atoms with van der Waals surface area (Å²) in [5, 5.41) is 0. The van der Waals surface area contributed by atoms with Crippen LogP contribution in [0.4, 0.5) is 0 Å². The Balaban J connectivity index is 2.99. The Morgan fingerprint density at radius 1 is 1.55 bits per heavy atom. The molecule has 60 valence electrons. The van der Waals surface area contributed by atoms with Crippen LogP contribution in [0.2, 0.25) is 0 Å². The van der Waals surface area contributed by atoms with Crippen LogP contribution in [0.1, 0.15) is 11.8 Å². The Hall–Kier alpha value is -0.280. The summed E-state index contributed by atoms with van der Waals surface area (Å²) in [7, 11) is 0. The molecule has 1 nitrogen and oxygen atoms in total. The van der Waals surface area contributed by atoms with Crippen LogP contribution >= 0.6 is 23.1 Å². The van der Waals surface area contributed by atoms with Crippen molar-refractivity contribution in [3.8, 4) is 0 Å². The number of rotatable bonds is 2. The number of aryl methyl sites for hydroxylation is 1. The molecule has 0 aromatic carbocycles. The Morgan fingerprint density at radius 3 is 2.82 bits per heavy atom. The lowest BCUT2D eigenvalue weighted by Crippen LogP contribution is -1.95. The van der Waals surface area contributed by atoms with Gasteiger partial charge in [0.05, 0.1) is 4.21 Å². The SMILES string of the molecule is CCSc1cc(=O)cc(C)s1. The van der Waals surface area contributed by atoms with Gasteiger partial charge in [-0.2, -0.15) is 0 Å². The highest BCUT2D eigenvalue weighted by Crippen LogP contribution is 2.22. The van der Waals surface area contributed by atoms with Gasteiger partial charge in [0.25, 0.3) is 0 Å². The highest BCUT2D eigenvalue weighted by molar-refractivity contribution is 8.01. The van der Waals surface area contributed by atoms with Gasteiger partial charge in [-0.1, -0.05) is 6.92 Å². The van der Waals surface area contributed by atoms with Gasteiger partial charge in [0.15, 0.2) is 5.43 Å². The molecule has 1 aromatic rings. The molecule has 0 aliphatic rings. The molecule has 0 radical (unpaired) electrons. The third-order valence-electron chi connectivity index (χ3n) is 1.15. The Labute approximate surface area is 74.5 Å². The van der Waals surface area contributed by atoms with Crippen LogP contribution in [-0.4, -0.2) is 5.75 Å². The van der Waals surface area contributed by atoms with Gasteiger partial charge in [0.1, 0.15) is 0 Å². The normalized spacial score (nSPS) is 10.0. The second-order valence-corrected chi connectivity index (χ2v) is 5.01. The smallest absolute Gasteiger partial charge is 0.181 e. The summed E-state index contributed by atoms with van der Waals surface area (Å²) in [6, 6.07) is 3.37. The monoisotopic (exact) mass is 186 g/mol. The third-order valence-corrected chi connectivity index (χ3v) is 3.21. The third kappa shape index (κ3) is 2.67. The fourth-order valence-electron chi connectivity index (χ4n) is 0.789. The molecule has 3 heteroatoms. The van der Waals surface area contributed by atoms with Crippen molar-refractivity contribution in [2.75, 3.05) is 5.75 Å². The van der Waals surface area contributed by atoms with Crippen LogP contribution in [0.5, 0.6) is 0 Å². The van der Waals surface area contributed by atoms with E-state index in [1.54, 1.807) is 35.2 Å². The van der Waals surface area contributed by atoms with Gasteiger partial charge < -0.3 is 0 Å². The minimum atomic E-state index is 0.122. The van der Waals surface area contributed by atoms with Crippen LogP contribution < -0.4 is 5.43 Å². The first kappa shape index (κ1) is 8.81. The average molecular weight is 186 g/mol. The summed E-state index contributed by atoms with van der Waals surface area (Å²) < 4.78 is 1.12. The van der Waals surface area contributed by atoms with E-state index >= 15 is 0 Å². The molecule has 0 amide bonds. The fourth-order valence-corrected chi connectivity index (χ4v) is 2.92. The maximum absolute atomic E-state index is 11.0. The minimum absolute atomic E-state index is 0.122. The molecule has 1 aromatic heterocycles. The molecule has 0 saturated carbocycles. The summed E-state index contributed by atoms with van der Waals surface area (Å²) in [6.07, 6.45) is 0. The fraction of sp³-hybridized carbons (Fsp3) is 0.375. The summed E-state index contributed by atoms with van der Waals surface area (Å²) in [4.78, 5) is 12.1. The maximum atomic E-state index is 11.0. The average Bonchev–Trinajstić information content (AvgIpc) is 1.85. The highest BCUT2D eigenvalue weighted by atomic mass is 32.2. The van der Waals surface area contributed by atoms with E-state index in [0.717, 1.165) is 14.8 Å². The zero-order valence-electron chi connectivity index (χ0n) is 6.59. The molecule has 1 rings (SSSR count). The van der Waals surface area contributed by atoms with Gasteiger partial charge in [-0.25, -0.2) is 0 Å². The Morgan fingerprint density at radius 2 is 2.27 bits per heavy atom. The van der Waals surface area contributed by atoms with Crippen molar-refractivity contribution < 1.29 is 0 Å². The summed E-state index contributed by atoms with van der Waals surface area (Å²) in [5.74, 6) is 1.03. The van der Waals surface area contributed by atoms with E-state index in [-0.39, 0.29) is 5.43 Å². The lowest BCUT2D eigenvalue weighted by Gasteiger charge is -1.96. The standard InChI is InChI=1S/C8H10OS2/c1-3-10-8-5-7(9)4-6(2)11-8/h4-5H,3H2,1-2H3. The van der Waals surface area contributed by atoms with Gasteiger partial charge in [-0.15, -0.1) is 23.1 Å². The Bertz CT molecular complexity index is 290. The molecule has 0 aliphatic carbocycles. The molecular weight excluding hydrogens is 176 g/mol. The van der Waals surface area contributed by atoms with Gasteiger partial charge in [-0.05, 0) is 18.7 Å². The van der Waals surface area contributed by atoms with E-state index in [4.69, 9.17) is 0 Å². The van der Waals surface area contributed by atoms with Crippen LogP contribution in [0, 0.1) is 6.92 Å². The van der Waals surface area contributed by atoms with Crippen molar-refractivity contribution in [2.45, 2.75) is 18.1 Å². The predicted octanol–water partition coefficient (Wildman–Crippen LogP) is 2.53. The zero-order chi connectivity index (χ0) is 8.27. The topological polar surface area (TPSA) is 17.1 Å². The summed E-state index contributed by atoms with van der Waals surface area (Å²) >= 11 is 3.40. The predicted molar refractivity (Wildman–Crippen MR) is 51.7 cm³/mol.